The van der Waals surface area contributed by atoms with Crippen molar-refractivity contribution in [2.45, 2.75) is 17.2 Å². The summed E-state index contributed by atoms with van der Waals surface area (Å²) in [6, 6.07) is 9.49. The summed E-state index contributed by atoms with van der Waals surface area (Å²) in [5, 5.41) is 2.72. The monoisotopic (exact) mass is 384 g/mol. The Bertz CT molecular complexity index is 744. The van der Waals surface area contributed by atoms with E-state index >= 15 is 0 Å². The van der Waals surface area contributed by atoms with Gasteiger partial charge in [0.2, 0.25) is 0 Å². The molecule has 2 heterocycles. The molecule has 0 unspecified atom stereocenters. The molecule has 1 fully saturated rings. The van der Waals surface area contributed by atoms with Crippen LogP contribution in [-0.2, 0) is 6.18 Å². The zero-order valence-electron chi connectivity index (χ0n) is 13.0. The quantitative estimate of drug-likeness (QED) is 0.788. The van der Waals surface area contributed by atoms with Gasteiger partial charge < -0.3 is 5.32 Å². The standard InChI is InChI=1S/C17H15F3N2OS2/c18-17(19,20)14-6-5-12(10-21-14)15(23)22-13-4-1-3-11(9-13)16-24-7-2-8-25-16/h1,3-6,9-10,16H,2,7-8H2,(H,22,23). The number of hydrogen-bond donors (Lipinski definition) is 1. The molecule has 0 saturated carbocycles. The van der Waals surface area contributed by atoms with E-state index in [1.165, 1.54) is 6.42 Å². The van der Waals surface area contributed by atoms with Crippen molar-refractivity contribution < 1.29 is 18.0 Å². The van der Waals surface area contributed by atoms with Gasteiger partial charge in [-0.05, 0) is 47.8 Å². The summed E-state index contributed by atoms with van der Waals surface area (Å²) in [5.74, 6) is 1.75. The highest BCUT2D eigenvalue weighted by Crippen LogP contribution is 2.44. The summed E-state index contributed by atoms with van der Waals surface area (Å²) in [7, 11) is 0. The van der Waals surface area contributed by atoms with Gasteiger partial charge in [-0.1, -0.05) is 12.1 Å². The van der Waals surface area contributed by atoms with Gasteiger partial charge in [0.05, 0.1) is 10.1 Å². The Kier molecular flexibility index (Phi) is 5.58. The first-order chi connectivity index (χ1) is 11.9. The number of amides is 1. The van der Waals surface area contributed by atoms with E-state index in [0.717, 1.165) is 35.4 Å². The number of thioether (sulfide) groups is 2. The molecular formula is C17H15F3N2OS2. The molecule has 3 rings (SSSR count). The number of pyridine rings is 1. The van der Waals surface area contributed by atoms with Gasteiger partial charge in [0.1, 0.15) is 5.69 Å². The van der Waals surface area contributed by atoms with Crippen molar-refractivity contribution in [3.05, 3.63) is 59.4 Å². The molecule has 1 aromatic heterocycles. The second kappa shape index (κ2) is 7.70. The van der Waals surface area contributed by atoms with Crippen LogP contribution in [0.25, 0.3) is 0 Å². The van der Waals surface area contributed by atoms with E-state index in [4.69, 9.17) is 0 Å². The fourth-order valence-corrected chi connectivity index (χ4v) is 5.22. The molecule has 132 valence electrons. The molecule has 25 heavy (non-hydrogen) atoms. The Balaban J connectivity index is 1.70. The van der Waals surface area contributed by atoms with Crippen molar-refractivity contribution in [2.24, 2.45) is 0 Å². The van der Waals surface area contributed by atoms with Crippen molar-refractivity contribution in [1.82, 2.24) is 4.98 Å². The van der Waals surface area contributed by atoms with E-state index in [0.29, 0.717) is 10.3 Å². The fourth-order valence-electron chi connectivity index (χ4n) is 2.34. The first-order valence-electron chi connectivity index (χ1n) is 7.61. The van der Waals surface area contributed by atoms with E-state index in [1.807, 2.05) is 41.7 Å². The average molecular weight is 384 g/mol. The molecule has 0 aliphatic carbocycles. The van der Waals surface area contributed by atoms with E-state index in [2.05, 4.69) is 10.3 Å². The van der Waals surface area contributed by atoms with Crippen LogP contribution in [0, 0.1) is 0 Å². The number of alkyl halides is 3. The van der Waals surface area contributed by atoms with Crippen molar-refractivity contribution in [3.8, 4) is 0 Å². The molecule has 0 spiro atoms. The normalized spacial score (nSPS) is 15.8. The van der Waals surface area contributed by atoms with Gasteiger partial charge >= 0.3 is 6.18 Å². The number of carbonyl (C=O) groups excluding carboxylic acids is 1. The van der Waals surface area contributed by atoms with E-state index in [-0.39, 0.29) is 5.56 Å². The minimum Gasteiger partial charge on any atom is -0.322 e. The van der Waals surface area contributed by atoms with Crippen LogP contribution < -0.4 is 5.32 Å². The first kappa shape index (κ1) is 18.1. The van der Waals surface area contributed by atoms with Gasteiger partial charge in [-0.25, -0.2) is 0 Å². The average Bonchev–Trinajstić information content (AvgIpc) is 2.62. The SMILES string of the molecule is O=C(Nc1cccc(C2SCCCS2)c1)c1ccc(C(F)(F)F)nc1. The summed E-state index contributed by atoms with van der Waals surface area (Å²) < 4.78 is 37.9. The molecule has 1 aromatic carbocycles. The summed E-state index contributed by atoms with van der Waals surface area (Å²) >= 11 is 3.76. The van der Waals surface area contributed by atoms with Gasteiger partial charge in [-0.3, -0.25) is 9.78 Å². The van der Waals surface area contributed by atoms with E-state index < -0.39 is 17.8 Å². The van der Waals surface area contributed by atoms with Gasteiger partial charge in [-0.2, -0.15) is 13.2 Å². The number of benzene rings is 1. The molecule has 0 radical (unpaired) electrons. The second-order valence-corrected chi connectivity index (χ2v) is 8.16. The number of carbonyl (C=O) groups is 1. The molecule has 8 heteroatoms. The lowest BCUT2D eigenvalue weighted by atomic mass is 10.2. The maximum atomic E-state index is 12.5. The lowest BCUT2D eigenvalue weighted by Crippen LogP contribution is -2.14. The highest BCUT2D eigenvalue weighted by molar-refractivity contribution is 8.16. The van der Waals surface area contributed by atoms with Gasteiger partial charge in [0.25, 0.3) is 5.91 Å². The van der Waals surface area contributed by atoms with Crippen LogP contribution in [0.15, 0.2) is 42.6 Å². The Labute approximate surface area is 151 Å². The second-order valence-electron chi connectivity index (χ2n) is 5.44. The third kappa shape index (κ3) is 4.70. The highest BCUT2D eigenvalue weighted by atomic mass is 32.2. The van der Waals surface area contributed by atoms with Crippen LogP contribution in [0.2, 0.25) is 0 Å². The molecule has 1 saturated heterocycles. The molecular weight excluding hydrogens is 369 g/mol. The lowest BCUT2D eigenvalue weighted by Gasteiger charge is -2.21. The summed E-state index contributed by atoms with van der Waals surface area (Å²) in [6.45, 7) is 0. The number of halogens is 3. The van der Waals surface area contributed by atoms with E-state index in [9.17, 15) is 18.0 Å². The Morgan fingerprint density at radius 3 is 2.56 bits per heavy atom. The van der Waals surface area contributed by atoms with Crippen molar-refractivity contribution in [1.29, 1.82) is 0 Å². The van der Waals surface area contributed by atoms with E-state index in [1.54, 1.807) is 6.07 Å². The Hall–Kier alpha value is -1.67. The first-order valence-corrected chi connectivity index (χ1v) is 9.71. The predicted octanol–water partition coefficient (Wildman–Crippen LogP) is 5.22. The highest BCUT2D eigenvalue weighted by Gasteiger charge is 2.32. The maximum absolute atomic E-state index is 12.5. The largest absolute Gasteiger partial charge is 0.433 e. The molecule has 1 amide bonds. The summed E-state index contributed by atoms with van der Waals surface area (Å²) in [6.07, 6.45) is -2.38. The van der Waals surface area contributed by atoms with Crippen molar-refractivity contribution in [2.75, 3.05) is 16.8 Å². The van der Waals surface area contributed by atoms with Gasteiger partial charge in [0, 0.05) is 11.9 Å². The minimum absolute atomic E-state index is 0.0832. The number of rotatable bonds is 3. The van der Waals surface area contributed by atoms with Crippen LogP contribution in [0.3, 0.4) is 0 Å². The van der Waals surface area contributed by atoms with Crippen LogP contribution in [0.5, 0.6) is 0 Å². The van der Waals surface area contributed by atoms with Crippen molar-refractivity contribution in [3.63, 3.8) is 0 Å². The minimum atomic E-state index is -4.52. The topological polar surface area (TPSA) is 42.0 Å². The van der Waals surface area contributed by atoms with Crippen molar-refractivity contribution >= 4 is 35.1 Å². The van der Waals surface area contributed by atoms with Gasteiger partial charge in [0.15, 0.2) is 0 Å². The molecule has 1 aliphatic heterocycles. The number of anilines is 1. The number of hydrogen-bond acceptors (Lipinski definition) is 4. The van der Waals surface area contributed by atoms with Gasteiger partial charge in [-0.15, -0.1) is 23.5 Å². The third-order valence-electron chi connectivity index (χ3n) is 3.56. The molecule has 2 aromatic rings. The number of nitrogens with zero attached hydrogens (tertiary/aromatic N) is 1. The maximum Gasteiger partial charge on any atom is 0.433 e. The van der Waals surface area contributed by atoms with Crippen LogP contribution in [-0.4, -0.2) is 22.4 Å². The third-order valence-corrected chi connectivity index (χ3v) is 6.57. The van der Waals surface area contributed by atoms with Crippen LogP contribution in [0.4, 0.5) is 18.9 Å². The summed E-state index contributed by atoms with van der Waals surface area (Å²) in [5.41, 5.74) is 0.810. The lowest BCUT2D eigenvalue weighted by molar-refractivity contribution is -0.141. The molecule has 0 bridgehead atoms. The number of nitrogens with one attached hydrogen (secondary N) is 1. The molecule has 3 nitrogen and oxygen atoms in total. The molecule has 1 aliphatic rings. The fraction of sp³-hybridized carbons (Fsp3) is 0.294. The Morgan fingerprint density at radius 1 is 1.16 bits per heavy atom. The zero-order valence-corrected chi connectivity index (χ0v) is 14.7. The molecule has 1 N–H and O–H groups in total. The molecule has 0 atom stereocenters. The number of aromatic nitrogens is 1. The smallest absolute Gasteiger partial charge is 0.322 e. The predicted molar refractivity (Wildman–Crippen MR) is 95.9 cm³/mol. The zero-order chi connectivity index (χ0) is 17.9. The summed E-state index contributed by atoms with van der Waals surface area (Å²) in [4.78, 5) is 15.5. The Morgan fingerprint density at radius 2 is 1.92 bits per heavy atom. The van der Waals surface area contributed by atoms with Crippen LogP contribution >= 0.6 is 23.5 Å². The van der Waals surface area contributed by atoms with Crippen LogP contribution in [0.1, 0.15) is 32.6 Å².